The monoisotopic (exact) mass is 246 g/mol. The molecule has 1 saturated carbocycles. The number of nitrogens with one attached hydrogen (secondary N) is 1. The van der Waals surface area contributed by atoms with Gasteiger partial charge in [0.25, 0.3) is 0 Å². The number of anilines is 1. The zero-order valence-electron chi connectivity index (χ0n) is 11.0. The lowest BCUT2D eigenvalue weighted by Crippen LogP contribution is -2.39. The normalized spacial score (nSPS) is 17.5. The van der Waals surface area contributed by atoms with Crippen LogP contribution in [0.15, 0.2) is 12.3 Å². The molecule has 0 saturated heterocycles. The lowest BCUT2D eigenvalue weighted by Gasteiger charge is -2.38. The van der Waals surface area contributed by atoms with Gasteiger partial charge in [0.2, 0.25) is 0 Å². The van der Waals surface area contributed by atoms with E-state index in [4.69, 9.17) is 4.74 Å². The van der Waals surface area contributed by atoms with Crippen molar-refractivity contribution in [3.8, 4) is 5.75 Å². The molecular weight excluding hydrogens is 228 g/mol. The van der Waals surface area contributed by atoms with Crippen LogP contribution < -0.4 is 10.1 Å². The Kier molecular flexibility index (Phi) is 2.43. The van der Waals surface area contributed by atoms with Gasteiger partial charge in [-0.05, 0) is 26.2 Å². The second-order valence-electron chi connectivity index (χ2n) is 5.17. The Morgan fingerprint density at radius 1 is 1.44 bits per heavy atom. The fourth-order valence-electron chi connectivity index (χ4n) is 2.34. The van der Waals surface area contributed by atoms with Crippen molar-refractivity contribution in [2.45, 2.75) is 31.8 Å². The van der Waals surface area contributed by atoms with E-state index >= 15 is 0 Å². The first-order valence-electron chi connectivity index (χ1n) is 6.31. The lowest BCUT2D eigenvalue weighted by atomic mass is 9.82. The minimum Gasteiger partial charge on any atom is -0.487 e. The summed E-state index contributed by atoms with van der Waals surface area (Å²) in [5.74, 6) is 1.68. The highest BCUT2D eigenvalue weighted by Gasteiger charge is 2.34. The Hall–Kier alpha value is -1.78. The van der Waals surface area contributed by atoms with Gasteiger partial charge >= 0.3 is 0 Å². The van der Waals surface area contributed by atoms with Gasteiger partial charge in [0.1, 0.15) is 17.2 Å². The maximum atomic E-state index is 6.17. The van der Waals surface area contributed by atoms with Crippen molar-refractivity contribution in [1.29, 1.82) is 0 Å². The maximum Gasteiger partial charge on any atom is 0.163 e. The van der Waals surface area contributed by atoms with Crippen molar-refractivity contribution in [2.75, 3.05) is 12.4 Å². The van der Waals surface area contributed by atoms with Gasteiger partial charge in [-0.3, -0.25) is 4.68 Å². The summed E-state index contributed by atoms with van der Waals surface area (Å²) >= 11 is 0. The molecular formula is C13H18N4O. The van der Waals surface area contributed by atoms with Crippen LogP contribution >= 0.6 is 0 Å². The van der Waals surface area contributed by atoms with E-state index in [2.05, 4.69) is 22.3 Å². The third-order valence-electron chi connectivity index (χ3n) is 3.69. The van der Waals surface area contributed by atoms with Crippen LogP contribution in [-0.4, -0.2) is 27.4 Å². The lowest BCUT2D eigenvalue weighted by molar-refractivity contribution is 0.0127. The minimum absolute atomic E-state index is 0.0187. The second kappa shape index (κ2) is 3.86. The van der Waals surface area contributed by atoms with Gasteiger partial charge in [-0.2, -0.15) is 5.10 Å². The van der Waals surface area contributed by atoms with Crippen LogP contribution in [0.4, 0.5) is 5.82 Å². The zero-order chi connectivity index (χ0) is 12.8. The van der Waals surface area contributed by atoms with Crippen LogP contribution in [0.1, 0.15) is 26.2 Å². The summed E-state index contributed by atoms with van der Waals surface area (Å²) in [4.78, 5) is 4.50. The first-order chi connectivity index (χ1) is 8.61. The Bertz CT molecular complexity index is 586. The quantitative estimate of drug-likeness (QED) is 0.903. The number of nitrogens with zero attached hydrogens (tertiary/aromatic N) is 3. The summed E-state index contributed by atoms with van der Waals surface area (Å²) in [6, 6.07) is 1.95. The van der Waals surface area contributed by atoms with Gasteiger partial charge in [-0.25, -0.2) is 4.98 Å². The Balaban J connectivity index is 2.08. The summed E-state index contributed by atoms with van der Waals surface area (Å²) in [7, 11) is 3.75. The minimum atomic E-state index is -0.0187. The summed E-state index contributed by atoms with van der Waals surface area (Å²) in [5.41, 5.74) is 0.828. The van der Waals surface area contributed by atoms with E-state index in [1.807, 2.05) is 26.4 Å². The maximum absolute atomic E-state index is 6.17. The molecule has 18 heavy (non-hydrogen) atoms. The van der Waals surface area contributed by atoms with Gasteiger partial charge in [0.15, 0.2) is 5.65 Å². The molecule has 5 nitrogen and oxygen atoms in total. The smallest absolute Gasteiger partial charge is 0.163 e. The van der Waals surface area contributed by atoms with Crippen molar-refractivity contribution in [3.63, 3.8) is 0 Å². The van der Waals surface area contributed by atoms with E-state index < -0.39 is 0 Å². The first kappa shape index (κ1) is 11.3. The molecule has 5 heteroatoms. The highest BCUT2D eigenvalue weighted by molar-refractivity contribution is 5.84. The summed E-state index contributed by atoms with van der Waals surface area (Å²) in [6.45, 7) is 2.16. The predicted molar refractivity (Wildman–Crippen MR) is 70.9 cm³/mol. The fourth-order valence-corrected chi connectivity index (χ4v) is 2.34. The number of hydrogen-bond acceptors (Lipinski definition) is 4. The molecule has 1 aliphatic carbocycles. The van der Waals surface area contributed by atoms with Gasteiger partial charge in [-0.15, -0.1) is 0 Å². The first-order valence-corrected chi connectivity index (χ1v) is 6.31. The van der Waals surface area contributed by atoms with Crippen molar-refractivity contribution in [2.24, 2.45) is 7.05 Å². The molecule has 2 heterocycles. The molecule has 1 aliphatic rings. The Labute approximate surface area is 106 Å². The van der Waals surface area contributed by atoms with E-state index in [0.29, 0.717) is 0 Å². The number of aryl methyl sites for hydroxylation is 1. The van der Waals surface area contributed by atoms with E-state index in [1.54, 1.807) is 4.68 Å². The summed E-state index contributed by atoms with van der Waals surface area (Å²) in [6.07, 6.45) is 5.30. The molecule has 0 amide bonds. The molecule has 2 aromatic rings. The summed E-state index contributed by atoms with van der Waals surface area (Å²) in [5, 5.41) is 8.29. The number of ether oxygens (including phenoxy) is 1. The Morgan fingerprint density at radius 2 is 2.22 bits per heavy atom. The Morgan fingerprint density at radius 3 is 2.83 bits per heavy atom. The van der Waals surface area contributed by atoms with Gasteiger partial charge in [-0.1, -0.05) is 0 Å². The topological polar surface area (TPSA) is 52.0 Å². The number of hydrogen-bond donors (Lipinski definition) is 1. The van der Waals surface area contributed by atoms with Crippen molar-refractivity contribution in [1.82, 2.24) is 14.8 Å². The molecule has 0 aliphatic heterocycles. The molecule has 0 bridgehead atoms. The zero-order valence-corrected chi connectivity index (χ0v) is 11.0. The van der Waals surface area contributed by atoms with Crippen molar-refractivity contribution >= 4 is 16.9 Å². The van der Waals surface area contributed by atoms with Gasteiger partial charge in [0, 0.05) is 20.2 Å². The fraction of sp³-hybridized carbons (Fsp3) is 0.538. The third-order valence-corrected chi connectivity index (χ3v) is 3.69. The molecule has 1 N–H and O–H groups in total. The van der Waals surface area contributed by atoms with E-state index in [9.17, 15) is 0 Å². The van der Waals surface area contributed by atoms with Crippen molar-refractivity contribution < 1.29 is 4.74 Å². The number of aromatic nitrogens is 3. The van der Waals surface area contributed by atoms with Gasteiger partial charge < -0.3 is 10.1 Å². The SMILES string of the molecule is CNc1cc(OC2(C)CCC2)c2cnn(C)c2n1. The van der Waals surface area contributed by atoms with Crippen LogP contribution in [0.5, 0.6) is 5.75 Å². The second-order valence-corrected chi connectivity index (χ2v) is 5.17. The molecule has 2 aromatic heterocycles. The van der Waals surface area contributed by atoms with Crippen LogP contribution in [-0.2, 0) is 7.05 Å². The van der Waals surface area contributed by atoms with Gasteiger partial charge in [0.05, 0.1) is 11.6 Å². The number of pyridine rings is 1. The third kappa shape index (κ3) is 1.70. The highest BCUT2D eigenvalue weighted by Crippen LogP contribution is 2.38. The van der Waals surface area contributed by atoms with Crippen molar-refractivity contribution in [3.05, 3.63) is 12.3 Å². The molecule has 0 atom stereocenters. The molecule has 1 fully saturated rings. The summed E-state index contributed by atoms with van der Waals surface area (Å²) < 4.78 is 7.94. The average Bonchev–Trinajstić information content (AvgIpc) is 2.69. The molecule has 0 radical (unpaired) electrons. The van der Waals surface area contributed by atoms with E-state index in [1.165, 1.54) is 6.42 Å². The molecule has 0 aromatic carbocycles. The molecule has 0 spiro atoms. The number of rotatable bonds is 3. The number of fused-ring (bicyclic) bond motifs is 1. The highest BCUT2D eigenvalue weighted by atomic mass is 16.5. The molecule has 96 valence electrons. The van der Waals surface area contributed by atoms with Crippen LogP contribution in [0.3, 0.4) is 0 Å². The predicted octanol–water partition coefficient (Wildman–Crippen LogP) is 2.33. The van der Waals surface area contributed by atoms with E-state index in [0.717, 1.165) is 35.4 Å². The van der Waals surface area contributed by atoms with E-state index in [-0.39, 0.29) is 5.60 Å². The average molecular weight is 246 g/mol. The van der Waals surface area contributed by atoms with Crippen LogP contribution in [0.25, 0.3) is 11.0 Å². The largest absolute Gasteiger partial charge is 0.487 e. The molecule has 3 rings (SSSR count). The molecule has 0 unspecified atom stereocenters. The van der Waals surface area contributed by atoms with Crippen LogP contribution in [0, 0.1) is 0 Å². The standard InChI is InChI=1S/C13H18N4O/c1-13(5-4-6-13)18-10-7-11(14-2)16-12-9(10)8-15-17(12)3/h7-8H,4-6H2,1-3H3,(H,14,16). The van der Waals surface area contributed by atoms with Crippen LogP contribution in [0.2, 0.25) is 0 Å².